The lowest BCUT2D eigenvalue weighted by atomic mass is 10.1. The fourth-order valence-electron chi connectivity index (χ4n) is 3.40. The molecule has 1 aliphatic heterocycles. The molecule has 0 saturated carbocycles. The van der Waals surface area contributed by atoms with E-state index in [9.17, 15) is 9.59 Å². The SMILES string of the molecule is Cc1cc(=O)[nH]c(-c2ccc(NCc3ccc(CN4CCCC4=O)cc3)nc2)n1. The number of carbonyl (C=O) groups excluding carboxylic acids is 1. The quantitative estimate of drug-likeness (QED) is 0.676. The average molecular weight is 389 g/mol. The first-order chi connectivity index (χ1) is 14.1. The Morgan fingerprint density at radius 3 is 2.55 bits per heavy atom. The lowest BCUT2D eigenvalue weighted by Crippen LogP contribution is -2.23. The number of hydrogen-bond acceptors (Lipinski definition) is 5. The minimum absolute atomic E-state index is 0.174. The maximum Gasteiger partial charge on any atom is 0.251 e. The molecule has 1 aliphatic rings. The smallest absolute Gasteiger partial charge is 0.251 e. The molecule has 0 unspecified atom stereocenters. The molecule has 1 fully saturated rings. The van der Waals surface area contributed by atoms with Crippen LogP contribution in [0.2, 0.25) is 0 Å². The number of H-pyrrole nitrogens is 1. The normalized spacial score (nSPS) is 13.7. The Labute approximate surface area is 168 Å². The molecule has 0 bridgehead atoms. The second kappa shape index (κ2) is 8.26. The number of anilines is 1. The first-order valence-corrected chi connectivity index (χ1v) is 9.71. The van der Waals surface area contributed by atoms with Gasteiger partial charge in [0.15, 0.2) is 0 Å². The molecule has 148 valence electrons. The van der Waals surface area contributed by atoms with Crippen LogP contribution in [0.5, 0.6) is 0 Å². The van der Waals surface area contributed by atoms with Crippen molar-refractivity contribution in [2.24, 2.45) is 0 Å². The van der Waals surface area contributed by atoms with Crippen LogP contribution in [-0.2, 0) is 17.9 Å². The fraction of sp³-hybridized carbons (Fsp3) is 0.273. The number of benzene rings is 1. The molecule has 3 aromatic rings. The van der Waals surface area contributed by atoms with Crippen molar-refractivity contribution in [2.45, 2.75) is 32.9 Å². The monoisotopic (exact) mass is 389 g/mol. The van der Waals surface area contributed by atoms with Crippen molar-refractivity contribution in [2.75, 3.05) is 11.9 Å². The van der Waals surface area contributed by atoms with Crippen LogP contribution < -0.4 is 10.9 Å². The maximum atomic E-state index is 11.7. The first kappa shape index (κ1) is 18.9. The summed E-state index contributed by atoms with van der Waals surface area (Å²) in [4.78, 5) is 36.7. The first-order valence-electron chi connectivity index (χ1n) is 9.71. The second-order valence-electron chi connectivity index (χ2n) is 7.26. The summed E-state index contributed by atoms with van der Waals surface area (Å²) < 4.78 is 0. The number of hydrogen-bond donors (Lipinski definition) is 2. The van der Waals surface area contributed by atoms with E-state index in [0.717, 1.165) is 35.5 Å². The van der Waals surface area contributed by atoms with Gasteiger partial charge in [0.2, 0.25) is 5.91 Å². The van der Waals surface area contributed by atoms with Crippen LogP contribution in [0.25, 0.3) is 11.4 Å². The number of aryl methyl sites for hydroxylation is 1. The van der Waals surface area contributed by atoms with Crippen LogP contribution in [0.1, 0.15) is 29.7 Å². The van der Waals surface area contributed by atoms with Gasteiger partial charge in [-0.15, -0.1) is 0 Å². The van der Waals surface area contributed by atoms with Gasteiger partial charge in [-0.1, -0.05) is 24.3 Å². The zero-order valence-electron chi connectivity index (χ0n) is 16.3. The molecule has 1 amide bonds. The summed E-state index contributed by atoms with van der Waals surface area (Å²) in [6.07, 6.45) is 3.32. The van der Waals surface area contributed by atoms with Gasteiger partial charge in [0.1, 0.15) is 11.6 Å². The predicted molar refractivity (Wildman–Crippen MR) is 111 cm³/mol. The number of aromatic amines is 1. The number of amides is 1. The van der Waals surface area contributed by atoms with Crippen LogP contribution >= 0.6 is 0 Å². The Bertz CT molecular complexity index is 1060. The third kappa shape index (κ3) is 4.68. The summed E-state index contributed by atoms with van der Waals surface area (Å²) in [5.41, 5.74) is 3.54. The van der Waals surface area contributed by atoms with Crippen molar-refractivity contribution in [1.82, 2.24) is 19.9 Å². The molecule has 29 heavy (non-hydrogen) atoms. The number of nitrogens with one attached hydrogen (secondary N) is 2. The van der Waals surface area contributed by atoms with Crippen LogP contribution in [0.4, 0.5) is 5.82 Å². The highest BCUT2D eigenvalue weighted by molar-refractivity contribution is 5.78. The van der Waals surface area contributed by atoms with Crippen molar-refractivity contribution in [1.29, 1.82) is 0 Å². The van der Waals surface area contributed by atoms with Crippen LogP contribution in [0.3, 0.4) is 0 Å². The third-order valence-electron chi connectivity index (χ3n) is 4.95. The highest BCUT2D eigenvalue weighted by atomic mass is 16.2. The van der Waals surface area contributed by atoms with Crippen molar-refractivity contribution >= 4 is 11.7 Å². The lowest BCUT2D eigenvalue weighted by molar-refractivity contribution is -0.128. The highest BCUT2D eigenvalue weighted by Crippen LogP contribution is 2.17. The summed E-state index contributed by atoms with van der Waals surface area (Å²) in [7, 11) is 0. The summed E-state index contributed by atoms with van der Waals surface area (Å²) in [6, 6.07) is 13.5. The number of aromatic nitrogens is 3. The Kier molecular flexibility index (Phi) is 5.37. The molecule has 0 spiro atoms. The molecule has 1 aromatic carbocycles. The van der Waals surface area contributed by atoms with E-state index in [1.54, 1.807) is 13.1 Å². The second-order valence-corrected chi connectivity index (χ2v) is 7.26. The molecule has 1 saturated heterocycles. The summed E-state index contributed by atoms with van der Waals surface area (Å²) >= 11 is 0. The number of likely N-dealkylation sites (tertiary alicyclic amines) is 1. The van der Waals surface area contributed by atoms with Gasteiger partial charge in [0.25, 0.3) is 5.56 Å². The molecule has 2 N–H and O–H groups in total. The van der Waals surface area contributed by atoms with Crippen LogP contribution in [0.15, 0.2) is 53.5 Å². The maximum absolute atomic E-state index is 11.7. The molecule has 3 heterocycles. The number of nitrogens with zero attached hydrogens (tertiary/aromatic N) is 3. The van der Waals surface area contributed by atoms with Gasteiger partial charge >= 0.3 is 0 Å². The van der Waals surface area contributed by atoms with Crippen molar-refractivity contribution in [3.8, 4) is 11.4 Å². The zero-order chi connectivity index (χ0) is 20.2. The minimum atomic E-state index is -0.174. The molecular formula is C22H23N5O2. The Balaban J connectivity index is 1.35. The topological polar surface area (TPSA) is 91.0 Å². The minimum Gasteiger partial charge on any atom is -0.366 e. The molecular weight excluding hydrogens is 366 g/mol. The van der Waals surface area contributed by atoms with E-state index >= 15 is 0 Å². The molecule has 0 radical (unpaired) electrons. The molecule has 4 rings (SSSR count). The highest BCUT2D eigenvalue weighted by Gasteiger charge is 2.19. The zero-order valence-corrected chi connectivity index (χ0v) is 16.3. The van der Waals surface area contributed by atoms with Crippen LogP contribution in [0, 0.1) is 6.92 Å². The van der Waals surface area contributed by atoms with Gasteiger partial charge in [-0.3, -0.25) is 9.59 Å². The van der Waals surface area contributed by atoms with Gasteiger partial charge in [-0.25, -0.2) is 9.97 Å². The Hall–Kier alpha value is -3.48. The molecule has 2 aromatic heterocycles. The van der Waals surface area contributed by atoms with E-state index in [2.05, 4.69) is 44.5 Å². The van der Waals surface area contributed by atoms with E-state index in [1.165, 1.54) is 6.07 Å². The molecule has 0 atom stereocenters. The van der Waals surface area contributed by atoms with Gasteiger partial charge in [0, 0.05) is 49.6 Å². The fourth-order valence-corrected chi connectivity index (χ4v) is 3.40. The summed E-state index contributed by atoms with van der Waals surface area (Å²) in [5.74, 6) is 1.51. The van der Waals surface area contributed by atoms with E-state index in [1.807, 2.05) is 17.0 Å². The predicted octanol–water partition coefficient (Wildman–Crippen LogP) is 2.87. The third-order valence-corrected chi connectivity index (χ3v) is 4.95. The largest absolute Gasteiger partial charge is 0.366 e. The van der Waals surface area contributed by atoms with E-state index in [4.69, 9.17) is 0 Å². The van der Waals surface area contributed by atoms with E-state index < -0.39 is 0 Å². The van der Waals surface area contributed by atoms with Gasteiger partial charge < -0.3 is 15.2 Å². The molecule has 7 nitrogen and oxygen atoms in total. The number of rotatable bonds is 6. The lowest BCUT2D eigenvalue weighted by Gasteiger charge is -2.15. The standard InChI is InChI=1S/C22H23N5O2/c1-15-11-20(28)26-22(25-15)18-8-9-19(24-13-18)23-12-16-4-6-17(7-5-16)14-27-10-2-3-21(27)29/h4-9,11,13H,2-3,10,12,14H2,1H3,(H,23,24)(H,25,26,28). The number of pyridine rings is 1. The van der Waals surface area contributed by atoms with Gasteiger partial charge in [-0.05, 0) is 36.6 Å². The Morgan fingerprint density at radius 1 is 1.10 bits per heavy atom. The van der Waals surface area contributed by atoms with E-state index in [0.29, 0.717) is 31.0 Å². The van der Waals surface area contributed by atoms with Crippen molar-refractivity contribution in [3.63, 3.8) is 0 Å². The van der Waals surface area contributed by atoms with Gasteiger partial charge in [-0.2, -0.15) is 0 Å². The van der Waals surface area contributed by atoms with Crippen LogP contribution in [-0.4, -0.2) is 32.3 Å². The Morgan fingerprint density at radius 2 is 1.90 bits per heavy atom. The summed E-state index contributed by atoms with van der Waals surface area (Å²) in [6.45, 7) is 3.98. The molecule has 7 heteroatoms. The summed E-state index contributed by atoms with van der Waals surface area (Å²) in [5, 5.41) is 3.29. The molecule has 0 aliphatic carbocycles. The van der Waals surface area contributed by atoms with Crippen molar-refractivity contribution < 1.29 is 4.79 Å². The van der Waals surface area contributed by atoms with E-state index in [-0.39, 0.29) is 11.5 Å². The number of carbonyl (C=O) groups is 1. The average Bonchev–Trinajstić information content (AvgIpc) is 3.11. The van der Waals surface area contributed by atoms with Gasteiger partial charge in [0.05, 0.1) is 0 Å². The van der Waals surface area contributed by atoms with Crippen molar-refractivity contribution in [3.05, 3.63) is 75.8 Å².